The number of benzene rings is 2. The van der Waals surface area contributed by atoms with Crippen LogP contribution in [0.15, 0.2) is 42.5 Å². The molecule has 176 valence electrons. The zero-order chi connectivity index (χ0) is 23.5. The molecule has 0 fully saturated rings. The number of phosphoric ester groups is 1. The van der Waals surface area contributed by atoms with E-state index in [2.05, 4.69) is 11.6 Å². The molecule has 31 heavy (non-hydrogen) atoms. The topological polar surface area (TPSA) is 113 Å². The van der Waals surface area contributed by atoms with Crippen LogP contribution in [0, 0.1) is 0 Å². The van der Waals surface area contributed by atoms with Crippen molar-refractivity contribution in [1.29, 1.82) is 0 Å². The highest BCUT2D eigenvalue weighted by molar-refractivity contribution is 7.89. The number of unbranched alkanes of at least 4 members (excludes halogenated alkanes) is 4. The Balaban J connectivity index is 0.00000233. The van der Waals surface area contributed by atoms with Crippen LogP contribution in [0.3, 0.4) is 0 Å². The monoisotopic (exact) mass is 473 g/mol. The van der Waals surface area contributed by atoms with Gasteiger partial charge in [0.25, 0.3) is 0 Å². The van der Waals surface area contributed by atoms with Crippen LogP contribution in [0.1, 0.15) is 71.4 Å². The minimum Gasteiger partial charge on any atom is -0.303 e. The molecule has 2 rings (SSSR count). The lowest BCUT2D eigenvalue weighted by molar-refractivity contribution is 0.122. The van der Waals surface area contributed by atoms with Crippen molar-refractivity contribution >= 4 is 28.6 Å². The first-order valence-corrected chi connectivity index (χ1v) is 14.0. The molecule has 2 aromatic carbocycles. The van der Waals surface area contributed by atoms with Crippen LogP contribution in [0.5, 0.6) is 0 Å². The molecule has 0 aliphatic rings. The minimum atomic E-state index is -4.79. The van der Waals surface area contributed by atoms with E-state index in [1.807, 2.05) is 44.2 Å². The Kier molecular flexibility index (Phi) is 11.9. The van der Waals surface area contributed by atoms with E-state index in [-0.39, 0.29) is 5.75 Å². The SMILES string of the molecule is CC.CCCCCCCS(=O)(=O)NC(c1cccc2ccccc12)C(C)OP(=O)(O)O. The van der Waals surface area contributed by atoms with Gasteiger partial charge in [-0.15, -0.1) is 0 Å². The highest BCUT2D eigenvalue weighted by atomic mass is 32.2. The second-order valence-corrected chi connectivity index (χ2v) is 10.3. The lowest BCUT2D eigenvalue weighted by Gasteiger charge is -2.27. The molecule has 2 aromatic rings. The van der Waals surface area contributed by atoms with E-state index in [0.29, 0.717) is 12.0 Å². The van der Waals surface area contributed by atoms with Gasteiger partial charge in [0.1, 0.15) is 0 Å². The van der Waals surface area contributed by atoms with Crippen LogP contribution in [0.25, 0.3) is 10.8 Å². The van der Waals surface area contributed by atoms with Gasteiger partial charge < -0.3 is 9.79 Å². The second-order valence-electron chi connectivity index (χ2n) is 7.20. The van der Waals surface area contributed by atoms with Crippen molar-refractivity contribution in [3.63, 3.8) is 0 Å². The number of hydrogen-bond acceptors (Lipinski definition) is 4. The smallest absolute Gasteiger partial charge is 0.303 e. The van der Waals surface area contributed by atoms with E-state index in [0.717, 1.165) is 36.5 Å². The van der Waals surface area contributed by atoms with Crippen molar-refractivity contribution < 1.29 is 27.3 Å². The van der Waals surface area contributed by atoms with E-state index in [4.69, 9.17) is 4.52 Å². The number of nitrogens with one attached hydrogen (secondary N) is 1. The van der Waals surface area contributed by atoms with Gasteiger partial charge in [0.05, 0.1) is 17.9 Å². The quantitative estimate of drug-likeness (QED) is 0.285. The van der Waals surface area contributed by atoms with Crippen LogP contribution in [0.2, 0.25) is 0 Å². The number of hydrogen-bond donors (Lipinski definition) is 3. The predicted octanol–water partition coefficient (Wildman–Crippen LogP) is 5.29. The van der Waals surface area contributed by atoms with Crippen LogP contribution in [0.4, 0.5) is 0 Å². The third-order valence-electron chi connectivity index (χ3n) is 4.75. The molecule has 9 heteroatoms. The van der Waals surface area contributed by atoms with Gasteiger partial charge in [0.2, 0.25) is 10.0 Å². The summed E-state index contributed by atoms with van der Waals surface area (Å²) in [7, 11) is -8.46. The van der Waals surface area contributed by atoms with E-state index in [9.17, 15) is 22.8 Å². The Morgan fingerprint density at radius 3 is 2.26 bits per heavy atom. The first-order chi connectivity index (χ1) is 14.6. The van der Waals surface area contributed by atoms with Crippen molar-refractivity contribution in [3.05, 3.63) is 48.0 Å². The predicted molar refractivity (Wildman–Crippen MR) is 126 cm³/mol. The molecule has 0 saturated heterocycles. The van der Waals surface area contributed by atoms with Gasteiger partial charge in [-0.1, -0.05) is 88.9 Å². The Bertz CT molecular complexity index is 939. The fraction of sp³-hybridized carbons (Fsp3) is 0.545. The van der Waals surface area contributed by atoms with Crippen LogP contribution >= 0.6 is 7.82 Å². The zero-order valence-corrected chi connectivity index (χ0v) is 20.5. The molecule has 2 unspecified atom stereocenters. The first kappa shape index (κ1) is 27.8. The highest BCUT2D eigenvalue weighted by Crippen LogP contribution is 2.41. The average Bonchev–Trinajstić information content (AvgIpc) is 2.72. The van der Waals surface area contributed by atoms with Gasteiger partial charge in [-0.05, 0) is 29.7 Å². The Morgan fingerprint density at radius 2 is 1.61 bits per heavy atom. The number of phosphoric acid groups is 1. The van der Waals surface area contributed by atoms with E-state index >= 15 is 0 Å². The molecule has 0 heterocycles. The summed E-state index contributed by atoms with van der Waals surface area (Å²) in [6.07, 6.45) is 3.41. The number of fused-ring (bicyclic) bond motifs is 1. The minimum absolute atomic E-state index is 0.0411. The van der Waals surface area contributed by atoms with Gasteiger partial charge in [-0.25, -0.2) is 17.7 Å². The van der Waals surface area contributed by atoms with Gasteiger partial charge in [-0.3, -0.25) is 4.52 Å². The molecule has 0 amide bonds. The fourth-order valence-electron chi connectivity index (χ4n) is 3.36. The van der Waals surface area contributed by atoms with Crippen molar-refractivity contribution in [2.24, 2.45) is 0 Å². The van der Waals surface area contributed by atoms with Crippen molar-refractivity contribution in [2.45, 2.75) is 71.9 Å². The lowest BCUT2D eigenvalue weighted by atomic mass is 9.96. The molecule has 0 saturated carbocycles. The Labute approximate surface area is 186 Å². The van der Waals surface area contributed by atoms with Gasteiger partial charge in [-0.2, -0.15) is 0 Å². The maximum atomic E-state index is 12.7. The van der Waals surface area contributed by atoms with Crippen LogP contribution in [-0.2, 0) is 19.1 Å². The van der Waals surface area contributed by atoms with Gasteiger partial charge in [0, 0.05) is 0 Å². The summed E-state index contributed by atoms with van der Waals surface area (Å²) in [5.74, 6) is -0.0411. The van der Waals surface area contributed by atoms with E-state index in [1.54, 1.807) is 12.1 Å². The van der Waals surface area contributed by atoms with Crippen molar-refractivity contribution in [1.82, 2.24) is 4.72 Å². The highest BCUT2D eigenvalue weighted by Gasteiger charge is 2.31. The first-order valence-electron chi connectivity index (χ1n) is 10.8. The summed E-state index contributed by atoms with van der Waals surface area (Å²) in [5.41, 5.74) is 0.610. The third-order valence-corrected chi connectivity index (χ3v) is 6.80. The molecule has 0 bridgehead atoms. The average molecular weight is 474 g/mol. The normalized spacial score (nSPS) is 14.0. The van der Waals surface area contributed by atoms with Crippen LogP contribution in [-0.4, -0.2) is 30.1 Å². The maximum absolute atomic E-state index is 12.7. The molecular weight excluding hydrogens is 437 g/mol. The van der Waals surface area contributed by atoms with Gasteiger partial charge >= 0.3 is 7.82 Å². The fourth-order valence-corrected chi connectivity index (χ4v) is 5.32. The lowest BCUT2D eigenvalue weighted by Crippen LogP contribution is -2.37. The number of sulfonamides is 1. The standard InChI is InChI=1S/C20H30NO6PS.C2H6/c1-3-4-5-6-9-15-29(25,26)21-20(16(2)27-28(22,23)24)19-14-10-12-17-11-7-8-13-18(17)19;1-2/h7-8,10-14,16,20-21H,3-6,9,15H2,1-2H3,(H2,22,23,24);1-2H3. The Morgan fingerprint density at radius 1 is 1.00 bits per heavy atom. The summed E-state index contributed by atoms with van der Waals surface area (Å²) in [6, 6.07) is 11.9. The molecule has 0 aliphatic heterocycles. The molecule has 0 aliphatic carbocycles. The molecule has 7 nitrogen and oxygen atoms in total. The summed E-state index contributed by atoms with van der Waals surface area (Å²) >= 11 is 0. The second kappa shape index (κ2) is 13.3. The maximum Gasteiger partial charge on any atom is 0.469 e. The molecular formula is C22H36NO6PS. The number of rotatable bonds is 12. The van der Waals surface area contributed by atoms with Crippen molar-refractivity contribution in [3.8, 4) is 0 Å². The van der Waals surface area contributed by atoms with Gasteiger partial charge in [0.15, 0.2) is 0 Å². The Hall–Kier alpha value is -1.28. The van der Waals surface area contributed by atoms with Crippen LogP contribution < -0.4 is 4.72 Å². The zero-order valence-electron chi connectivity index (χ0n) is 18.8. The molecule has 2 atom stereocenters. The third kappa shape index (κ3) is 9.81. The summed E-state index contributed by atoms with van der Waals surface area (Å²) in [4.78, 5) is 18.5. The van der Waals surface area contributed by atoms with E-state index in [1.165, 1.54) is 6.92 Å². The largest absolute Gasteiger partial charge is 0.469 e. The van der Waals surface area contributed by atoms with E-state index < -0.39 is 30.0 Å². The summed E-state index contributed by atoms with van der Waals surface area (Å²) in [5, 5.41) is 1.70. The van der Waals surface area contributed by atoms with Crippen molar-refractivity contribution in [2.75, 3.05) is 5.75 Å². The molecule has 0 aromatic heterocycles. The summed E-state index contributed by atoms with van der Waals surface area (Å²) in [6.45, 7) is 7.55. The molecule has 3 N–H and O–H groups in total. The summed E-state index contributed by atoms with van der Waals surface area (Å²) < 4.78 is 44.2. The molecule has 0 spiro atoms. The molecule has 0 radical (unpaired) electrons.